The Morgan fingerprint density at radius 3 is 2.82 bits per heavy atom. The van der Waals surface area contributed by atoms with Crippen LogP contribution in [0.15, 0.2) is 5.16 Å². The lowest BCUT2D eigenvalue weighted by Gasteiger charge is -2.43. The van der Waals surface area contributed by atoms with Crippen molar-refractivity contribution in [2.24, 2.45) is 5.41 Å². The van der Waals surface area contributed by atoms with Crippen molar-refractivity contribution < 1.29 is 0 Å². The fourth-order valence-electron chi connectivity index (χ4n) is 2.80. The summed E-state index contributed by atoms with van der Waals surface area (Å²) in [7, 11) is 2.06. The largest absolute Gasteiger partial charge is 0.315 e. The zero-order valence-corrected chi connectivity index (χ0v) is 11.9. The summed E-state index contributed by atoms with van der Waals surface area (Å²) >= 11 is 1.80. The monoisotopic (exact) mass is 254 g/mol. The lowest BCUT2D eigenvalue weighted by molar-refractivity contribution is 0.182. The van der Waals surface area contributed by atoms with Crippen LogP contribution in [0.4, 0.5) is 0 Å². The van der Waals surface area contributed by atoms with E-state index in [4.69, 9.17) is 0 Å². The van der Waals surface area contributed by atoms with Crippen molar-refractivity contribution in [3.63, 3.8) is 0 Å². The molecule has 5 heteroatoms. The first-order chi connectivity index (χ1) is 8.03. The average Bonchev–Trinajstić information content (AvgIpc) is 2.63. The minimum absolute atomic E-state index is 0.357. The van der Waals surface area contributed by atoms with Crippen LogP contribution >= 0.6 is 11.8 Å². The van der Waals surface area contributed by atoms with E-state index in [-0.39, 0.29) is 0 Å². The summed E-state index contributed by atoms with van der Waals surface area (Å²) in [6.45, 7) is 6.64. The predicted molar refractivity (Wildman–Crippen MR) is 71.2 cm³/mol. The summed E-state index contributed by atoms with van der Waals surface area (Å²) in [5.41, 5.74) is 0.357. The first kappa shape index (κ1) is 12.9. The van der Waals surface area contributed by atoms with Crippen LogP contribution in [-0.4, -0.2) is 33.5 Å². The van der Waals surface area contributed by atoms with Crippen LogP contribution in [0.2, 0.25) is 0 Å². The Morgan fingerprint density at radius 1 is 1.47 bits per heavy atom. The van der Waals surface area contributed by atoms with Gasteiger partial charge in [-0.1, -0.05) is 32.0 Å². The molecule has 4 nitrogen and oxygen atoms in total. The average molecular weight is 254 g/mol. The van der Waals surface area contributed by atoms with E-state index >= 15 is 0 Å². The molecule has 1 aliphatic carbocycles. The SMILES string of the molecule is CNC1C(Sc2n[nH]c(C)n2)CCCC1(C)C. The molecule has 1 aliphatic rings. The van der Waals surface area contributed by atoms with Gasteiger partial charge >= 0.3 is 0 Å². The molecular weight excluding hydrogens is 232 g/mol. The zero-order chi connectivity index (χ0) is 12.5. The fraction of sp³-hybridized carbons (Fsp3) is 0.833. The minimum atomic E-state index is 0.357. The second-order valence-corrected chi connectivity index (χ2v) is 6.71. The number of hydrogen-bond donors (Lipinski definition) is 2. The highest BCUT2D eigenvalue weighted by Crippen LogP contribution is 2.41. The summed E-state index contributed by atoms with van der Waals surface area (Å²) in [4.78, 5) is 4.39. The van der Waals surface area contributed by atoms with E-state index in [1.807, 2.05) is 6.92 Å². The molecule has 2 N–H and O–H groups in total. The molecule has 0 aromatic carbocycles. The molecule has 1 heterocycles. The third-order valence-corrected chi connectivity index (χ3v) is 4.87. The lowest BCUT2D eigenvalue weighted by atomic mass is 9.73. The van der Waals surface area contributed by atoms with Gasteiger partial charge in [-0.2, -0.15) is 0 Å². The lowest BCUT2D eigenvalue weighted by Crippen LogP contribution is -2.49. The number of nitrogens with zero attached hydrogens (tertiary/aromatic N) is 2. The van der Waals surface area contributed by atoms with Crippen LogP contribution < -0.4 is 5.32 Å². The molecule has 0 aliphatic heterocycles. The highest BCUT2D eigenvalue weighted by atomic mass is 32.2. The molecule has 2 rings (SSSR count). The molecule has 1 fully saturated rings. The van der Waals surface area contributed by atoms with Crippen LogP contribution in [0, 0.1) is 12.3 Å². The fourth-order valence-corrected chi connectivity index (χ4v) is 4.28. The topological polar surface area (TPSA) is 53.6 Å². The minimum Gasteiger partial charge on any atom is -0.315 e. The van der Waals surface area contributed by atoms with E-state index in [9.17, 15) is 0 Å². The maximum Gasteiger partial charge on any atom is 0.208 e. The Bertz CT molecular complexity index is 374. The third-order valence-electron chi connectivity index (χ3n) is 3.67. The summed E-state index contributed by atoms with van der Waals surface area (Å²) < 4.78 is 0. The van der Waals surface area contributed by atoms with Crippen LogP contribution in [-0.2, 0) is 0 Å². The number of hydrogen-bond acceptors (Lipinski definition) is 4. The van der Waals surface area contributed by atoms with E-state index < -0.39 is 0 Å². The maximum absolute atomic E-state index is 4.39. The van der Waals surface area contributed by atoms with Gasteiger partial charge in [-0.3, -0.25) is 5.10 Å². The number of aryl methyl sites for hydroxylation is 1. The van der Waals surface area contributed by atoms with Gasteiger partial charge in [0.05, 0.1) is 0 Å². The highest BCUT2D eigenvalue weighted by molar-refractivity contribution is 7.99. The molecule has 0 spiro atoms. The normalized spacial score (nSPS) is 28.2. The Kier molecular flexibility index (Phi) is 3.78. The molecule has 0 amide bonds. The second kappa shape index (κ2) is 4.98. The number of rotatable bonds is 3. The molecular formula is C12H22N4S. The molecule has 96 valence electrons. The maximum atomic E-state index is 4.39. The second-order valence-electron chi connectivity index (χ2n) is 5.51. The Labute approximate surface area is 107 Å². The van der Waals surface area contributed by atoms with E-state index in [0.29, 0.717) is 16.7 Å². The van der Waals surface area contributed by atoms with E-state index in [0.717, 1.165) is 11.0 Å². The quantitative estimate of drug-likeness (QED) is 0.869. The van der Waals surface area contributed by atoms with Gasteiger partial charge in [0, 0.05) is 11.3 Å². The predicted octanol–water partition coefficient (Wildman–Crippen LogP) is 2.37. The van der Waals surface area contributed by atoms with Crippen molar-refractivity contribution >= 4 is 11.8 Å². The van der Waals surface area contributed by atoms with Crippen LogP contribution in [0.5, 0.6) is 0 Å². The third kappa shape index (κ3) is 2.83. The zero-order valence-electron chi connectivity index (χ0n) is 11.1. The van der Waals surface area contributed by atoms with E-state index in [1.165, 1.54) is 19.3 Å². The molecule has 1 aromatic rings. The van der Waals surface area contributed by atoms with E-state index in [2.05, 4.69) is 41.4 Å². The smallest absolute Gasteiger partial charge is 0.208 e. The van der Waals surface area contributed by atoms with Crippen molar-refractivity contribution in [3.8, 4) is 0 Å². The van der Waals surface area contributed by atoms with Crippen molar-refractivity contribution in [3.05, 3.63) is 5.82 Å². The summed E-state index contributed by atoms with van der Waals surface area (Å²) in [6, 6.07) is 0.528. The van der Waals surface area contributed by atoms with Gasteiger partial charge in [-0.25, -0.2) is 4.98 Å². The van der Waals surface area contributed by atoms with Gasteiger partial charge in [-0.05, 0) is 32.2 Å². The molecule has 0 saturated heterocycles. The summed E-state index contributed by atoms with van der Waals surface area (Å²) in [6.07, 6.45) is 3.84. The molecule has 1 aromatic heterocycles. The molecule has 0 bridgehead atoms. The Hall–Kier alpha value is -0.550. The molecule has 2 unspecified atom stereocenters. The molecule has 1 saturated carbocycles. The first-order valence-electron chi connectivity index (χ1n) is 6.26. The number of H-pyrrole nitrogens is 1. The first-order valence-corrected chi connectivity index (χ1v) is 7.14. The number of thioether (sulfide) groups is 1. The van der Waals surface area contributed by atoms with Gasteiger partial charge < -0.3 is 5.32 Å². The van der Waals surface area contributed by atoms with Crippen molar-refractivity contribution in [2.75, 3.05) is 7.05 Å². The summed E-state index contributed by atoms with van der Waals surface area (Å²) in [5.74, 6) is 0.892. The van der Waals surface area contributed by atoms with E-state index in [1.54, 1.807) is 11.8 Å². The van der Waals surface area contributed by atoms with Crippen molar-refractivity contribution in [1.29, 1.82) is 0 Å². The van der Waals surface area contributed by atoms with Crippen LogP contribution in [0.1, 0.15) is 38.9 Å². The van der Waals surface area contributed by atoms with Gasteiger partial charge in [0.25, 0.3) is 0 Å². The number of aromatic amines is 1. The van der Waals surface area contributed by atoms with Gasteiger partial charge in [-0.15, -0.1) is 5.10 Å². The standard InChI is InChI=1S/C12H22N4S/c1-8-14-11(16-15-8)17-9-6-5-7-12(2,3)10(9)13-4/h9-10,13H,5-7H2,1-4H3,(H,14,15,16). The Balaban J connectivity index is 2.08. The Morgan fingerprint density at radius 2 is 2.24 bits per heavy atom. The summed E-state index contributed by atoms with van der Waals surface area (Å²) in [5, 5.41) is 12.1. The number of nitrogens with one attached hydrogen (secondary N) is 2. The van der Waals surface area contributed by atoms with Crippen molar-refractivity contribution in [1.82, 2.24) is 20.5 Å². The van der Waals surface area contributed by atoms with Crippen molar-refractivity contribution in [2.45, 2.75) is 56.5 Å². The van der Waals surface area contributed by atoms with Gasteiger partial charge in [0.15, 0.2) is 0 Å². The molecule has 17 heavy (non-hydrogen) atoms. The highest BCUT2D eigenvalue weighted by Gasteiger charge is 2.38. The van der Waals surface area contributed by atoms with Crippen LogP contribution in [0.3, 0.4) is 0 Å². The van der Waals surface area contributed by atoms with Gasteiger partial charge in [0.1, 0.15) is 5.82 Å². The number of aromatic nitrogens is 3. The van der Waals surface area contributed by atoms with Crippen LogP contribution in [0.25, 0.3) is 0 Å². The molecule has 2 atom stereocenters. The van der Waals surface area contributed by atoms with Gasteiger partial charge in [0.2, 0.25) is 5.16 Å². The molecule has 0 radical (unpaired) electrons.